The van der Waals surface area contributed by atoms with Gasteiger partial charge in [0.1, 0.15) is 6.17 Å². The molecule has 1 amide bonds. The Morgan fingerprint density at radius 3 is 2.25 bits per heavy atom. The first-order valence-electron chi connectivity index (χ1n) is 8.47. The Balaban J connectivity index is 1.91. The number of hydrogen-bond acceptors (Lipinski definition) is 2. The number of anilines is 2. The van der Waals surface area contributed by atoms with E-state index in [-0.39, 0.29) is 5.56 Å². The highest BCUT2D eigenvalue weighted by Gasteiger charge is 2.40. The standard InChI is InChI=1S/C21H14ClF3N2O/c22-13-9-11-14(12-10-13)27-19(15-5-1-3-7-17(15)21(23,24)25)26-18-8-4-2-6-16(18)20(27)28/h1-12,19,26H. The van der Waals surface area contributed by atoms with Gasteiger partial charge in [-0.05, 0) is 42.5 Å². The van der Waals surface area contributed by atoms with Crippen molar-refractivity contribution >= 4 is 28.9 Å². The third-order valence-electron chi connectivity index (χ3n) is 4.59. The van der Waals surface area contributed by atoms with E-state index in [1.165, 1.54) is 23.1 Å². The fraction of sp³-hybridized carbons (Fsp3) is 0.0952. The SMILES string of the molecule is O=C1c2ccccc2NC(c2ccccc2C(F)(F)F)N1c1ccc(Cl)cc1. The molecule has 0 saturated heterocycles. The number of nitrogens with one attached hydrogen (secondary N) is 1. The van der Waals surface area contributed by atoms with Crippen LogP contribution in [0.5, 0.6) is 0 Å². The molecule has 0 radical (unpaired) electrons. The van der Waals surface area contributed by atoms with E-state index in [0.29, 0.717) is 22.0 Å². The van der Waals surface area contributed by atoms with E-state index in [1.807, 2.05) is 0 Å². The van der Waals surface area contributed by atoms with Gasteiger partial charge in [-0.2, -0.15) is 13.2 Å². The average Bonchev–Trinajstić information content (AvgIpc) is 2.68. The maximum absolute atomic E-state index is 13.6. The Bertz CT molecular complexity index is 1030. The van der Waals surface area contributed by atoms with Gasteiger partial charge in [-0.15, -0.1) is 0 Å². The minimum Gasteiger partial charge on any atom is -0.360 e. The summed E-state index contributed by atoms with van der Waals surface area (Å²) in [5.74, 6) is -0.390. The van der Waals surface area contributed by atoms with Gasteiger partial charge < -0.3 is 5.32 Å². The molecule has 4 rings (SSSR count). The summed E-state index contributed by atoms with van der Waals surface area (Å²) in [5.41, 5.74) is 0.489. The van der Waals surface area contributed by atoms with Crippen molar-refractivity contribution in [1.82, 2.24) is 0 Å². The quantitative estimate of drug-likeness (QED) is 0.559. The third kappa shape index (κ3) is 3.20. The Morgan fingerprint density at radius 1 is 0.893 bits per heavy atom. The molecule has 0 saturated carbocycles. The molecule has 3 nitrogen and oxygen atoms in total. The zero-order valence-corrected chi connectivity index (χ0v) is 15.1. The molecule has 1 aliphatic rings. The molecule has 3 aromatic rings. The monoisotopic (exact) mass is 402 g/mol. The molecular formula is C21H14ClF3N2O. The van der Waals surface area contributed by atoms with Crippen LogP contribution in [0.4, 0.5) is 24.5 Å². The highest BCUT2D eigenvalue weighted by Crippen LogP contribution is 2.41. The van der Waals surface area contributed by atoms with Crippen LogP contribution >= 0.6 is 11.6 Å². The molecule has 28 heavy (non-hydrogen) atoms. The van der Waals surface area contributed by atoms with Crippen LogP contribution in [0.1, 0.15) is 27.7 Å². The van der Waals surface area contributed by atoms with Crippen LogP contribution in [0.3, 0.4) is 0 Å². The number of fused-ring (bicyclic) bond motifs is 1. The molecule has 0 aliphatic carbocycles. The summed E-state index contributed by atoms with van der Waals surface area (Å²) < 4.78 is 40.9. The molecule has 0 bridgehead atoms. The smallest absolute Gasteiger partial charge is 0.360 e. The predicted octanol–water partition coefficient (Wildman–Crippen LogP) is 6.13. The number of nitrogens with zero attached hydrogens (tertiary/aromatic N) is 1. The summed E-state index contributed by atoms with van der Waals surface area (Å²) in [6.45, 7) is 0. The van der Waals surface area contributed by atoms with E-state index < -0.39 is 23.8 Å². The second kappa shape index (κ2) is 6.87. The Hall–Kier alpha value is -2.99. The van der Waals surface area contributed by atoms with Crippen LogP contribution in [-0.2, 0) is 6.18 Å². The number of alkyl halides is 3. The van der Waals surface area contributed by atoms with E-state index >= 15 is 0 Å². The highest BCUT2D eigenvalue weighted by molar-refractivity contribution is 6.30. The van der Waals surface area contributed by atoms with Crippen LogP contribution in [0.15, 0.2) is 72.8 Å². The first kappa shape index (κ1) is 18.4. The normalized spacial score (nSPS) is 16.5. The van der Waals surface area contributed by atoms with Crippen molar-refractivity contribution in [2.45, 2.75) is 12.3 Å². The van der Waals surface area contributed by atoms with Crippen LogP contribution < -0.4 is 10.2 Å². The lowest BCUT2D eigenvalue weighted by atomic mass is 9.98. The van der Waals surface area contributed by atoms with Crippen molar-refractivity contribution in [3.8, 4) is 0 Å². The number of carbonyl (C=O) groups is 1. The molecule has 142 valence electrons. The number of carbonyl (C=O) groups excluding carboxylic acids is 1. The van der Waals surface area contributed by atoms with Crippen molar-refractivity contribution < 1.29 is 18.0 Å². The molecule has 0 fully saturated rings. The second-order valence-electron chi connectivity index (χ2n) is 6.33. The van der Waals surface area contributed by atoms with E-state index in [1.54, 1.807) is 48.5 Å². The van der Waals surface area contributed by atoms with Crippen LogP contribution in [-0.4, -0.2) is 5.91 Å². The summed E-state index contributed by atoms with van der Waals surface area (Å²) in [6.07, 6.45) is -5.58. The van der Waals surface area contributed by atoms with Crippen molar-refractivity contribution in [2.75, 3.05) is 10.2 Å². The van der Waals surface area contributed by atoms with E-state index in [2.05, 4.69) is 5.32 Å². The minimum atomic E-state index is -4.55. The summed E-state index contributed by atoms with van der Waals surface area (Å²) in [6, 6.07) is 18.4. The lowest BCUT2D eigenvalue weighted by molar-refractivity contribution is -0.138. The summed E-state index contributed by atoms with van der Waals surface area (Å²) in [5, 5.41) is 3.56. The summed E-state index contributed by atoms with van der Waals surface area (Å²) in [4.78, 5) is 14.5. The Labute approximate surface area is 164 Å². The predicted molar refractivity (Wildman–Crippen MR) is 103 cm³/mol. The molecule has 7 heteroatoms. The molecular weight excluding hydrogens is 389 g/mol. The number of rotatable bonds is 2. The van der Waals surface area contributed by atoms with E-state index in [9.17, 15) is 18.0 Å². The van der Waals surface area contributed by atoms with Gasteiger partial charge >= 0.3 is 6.18 Å². The van der Waals surface area contributed by atoms with Crippen molar-refractivity contribution in [2.24, 2.45) is 0 Å². The van der Waals surface area contributed by atoms with Crippen molar-refractivity contribution in [3.05, 3.63) is 94.5 Å². The van der Waals surface area contributed by atoms with E-state index in [0.717, 1.165) is 6.07 Å². The largest absolute Gasteiger partial charge is 0.416 e. The number of para-hydroxylation sites is 1. The Morgan fingerprint density at radius 2 is 1.54 bits per heavy atom. The molecule has 1 unspecified atom stereocenters. The number of amides is 1. The lowest BCUT2D eigenvalue weighted by Crippen LogP contribution is -2.43. The molecule has 3 aromatic carbocycles. The maximum atomic E-state index is 13.6. The van der Waals surface area contributed by atoms with Gasteiger partial charge in [0.05, 0.1) is 11.1 Å². The molecule has 1 N–H and O–H groups in total. The Kier molecular flexibility index (Phi) is 4.51. The molecule has 1 aliphatic heterocycles. The first-order valence-corrected chi connectivity index (χ1v) is 8.85. The van der Waals surface area contributed by atoms with Gasteiger partial charge in [0.15, 0.2) is 0 Å². The topological polar surface area (TPSA) is 32.3 Å². The van der Waals surface area contributed by atoms with Crippen LogP contribution in [0.25, 0.3) is 0 Å². The number of benzene rings is 3. The first-order chi connectivity index (χ1) is 13.4. The fourth-order valence-corrected chi connectivity index (χ4v) is 3.46. The third-order valence-corrected chi connectivity index (χ3v) is 4.84. The van der Waals surface area contributed by atoms with Gasteiger partial charge in [-0.3, -0.25) is 9.69 Å². The van der Waals surface area contributed by atoms with Crippen molar-refractivity contribution in [3.63, 3.8) is 0 Å². The highest BCUT2D eigenvalue weighted by atomic mass is 35.5. The fourth-order valence-electron chi connectivity index (χ4n) is 3.33. The molecule has 1 atom stereocenters. The van der Waals surface area contributed by atoms with Crippen LogP contribution in [0.2, 0.25) is 5.02 Å². The zero-order chi connectivity index (χ0) is 19.9. The van der Waals surface area contributed by atoms with Gasteiger partial charge in [0.2, 0.25) is 0 Å². The molecule has 1 heterocycles. The number of halogens is 4. The van der Waals surface area contributed by atoms with Gasteiger partial charge in [0.25, 0.3) is 5.91 Å². The summed E-state index contributed by atoms with van der Waals surface area (Å²) in [7, 11) is 0. The second-order valence-corrected chi connectivity index (χ2v) is 6.77. The average molecular weight is 403 g/mol. The summed E-state index contributed by atoms with van der Waals surface area (Å²) >= 11 is 5.94. The maximum Gasteiger partial charge on any atom is 0.416 e. The van der Waals surface area contributed by atoms with Gasteiger partial charge in [0, 0.05) is 22.0 Å². The molecule has 0 aromatic heterocycles. The zero-order valence-electron chi connectivity index (χ0n) is 14.4. The van der Waals surface area contributed by atoms with Crippen LogP contribution in [0, 0.1) is 0 Å². The van der Waals surface area contributed by atoms with E-state index in [4.69, 9.17) is 11.6 Å². The molecule has 0 spiro atoms. The number of hydrogen-bond donors (Lipinski definition) is 1. The van der Waals surface area contributed by atoms with Crippen molar-refractivity contribution in [1.29, 1.82) is 0 Å². The minimum absolute atomic E-state index is 0.0344. The lowest BCUT2D eigenvalue weighted by Gasteiger charge is -2.39. The van der Waals surface area contributed by atoms with Gasteiger partial charge in [-0.1, -0.05) is 41.9 Å². The van der Waals surface area contributed by atoms with Gasteiger partial charge in [-0.25, -0.2) is 0 Å².